The van der Waals surface area contributed by atoms with Crippen LogP contribution in [0.4, 0.5) is 0 Å². The molecule has 0 amide bonds. The van der Waals surface area contributed by atoms with Crippen molar-refractivity contribution in [3.05, 3.63) is 35.5 Å². The van der Waals surface area contributed by atoms with Crippen molar-refractivity contribution in [1.29, 1.82) is 0 Å². The number of aromatic nitrogens is 2. The van der Waals surface area contributed by atoms with Crippen LogP contribution in [0.15, 0.2) is 24.4 Å². The van der Waals surface area contributed by atoms with Gasteiger partial charge in [0.05, 0.1) is 19.8 Å². The van der Waals surface area contributed by atoms with Gasteiger partial charge in [-0.1, -0.05) is 18.2 Å². The first kappa shape index (κ1) is 14.8. The van der Waals surface area contributed by atoms with Gasteiger partial charge < -0.3 is 9.47 Å². The standard InChI is InChI=1S/C17H21N3O2/c1-11-12-6-5-7-13(14(12)8-9-20(11)2)15-10-18-17(22-4)19-16(15)21-3/h5-7,10-11H,8-9H2,1-4H3. The fourth-order valence-electron chi connectivity index (χ4n) is 3.04. The van der Waals surface area contributed by atoms with Crippen molar-refractivity contribution < 1.29 is 9.47 Å². The predicted octanol–water partition coefficient (Wildman–Crippen LogP) is 2.71. The number of nitrogens with zero attached hydrogens (tertiary/aromatic N) is 3. The van der Waals surface area contributed by atoms with Crippen LogP contribution < -0.4 is 9.47 Å². The van der Waals surface area contributed by atoms with Crippen molar-refractivity contribution in [2.45, 2.75) is 19.4 Å². The van der Waals surface area contributed by atoms with E-state index in [1.54, 1.807) is 20.4 Å². The number of benzene rings is 1. The molecule has 0 spiro atoms. The van der Waals surface area contributed by atoms with Gasteiger partial charge in [-0.3, -0.25) is 4.90 Å². The molecule has 0 saturated carbocycles. The fraction of sp³-hybridized carbons (Fsp3) is 0.412. The second kappa shape index (κ2) is 5.93. The molecule has 1 atom stereocenters. The van der Waals surface area contributed by atoms with Gasteiger partial charge in [-0.05, 0) is 37.1 Å². The highest BCUT2D eigenvalue weighted by molar-refractivity contribution is 5.73. The zero-order chi connectivity index (χ0) is 15.7. The lowest BCUT2D eigenvalue weighted by molar-refractivity contribution is 0.248. The molecule has 2 aromatic rings. The summed E-state index contributed by atoms with van der Waals surface area (Å²) in [5.74, 6) is 0.548. The lowest BCUT2D eigenvalue weighted by atomic mass is 9.88. The summed E-state index contributed by atoms with van der Waals surface area (Å²) in [6, 6.07) is 7.14. The Balaban J connectivity index is 2.14. The van der Waals surface area contributed by atoms with Gasteiger partial charge in [0.2, 0.25) is 5.88 Å². The van der Waals surface area contributed by atoms with Gasteiger partial charge >= 0.3 is 6.01 Å². The number of hydrogen-bond acceptors (Lipinski definition) is 5. The smallest absolute Gasteiger partial charge is 0.319 e. The molecule has 0 aliphatic carbocycles. The van der Waals surface area contributed by atoms with Crippen LogP contribution in [0.3, 0.4) is 0 Å². The third-order valence-electron chi connectivity index (χ3n) is 4.44. The highest BCUT2D eigenvalue weighted by Crippen LogP contribution is 2.38. The number of methoxy groups -OCH3 is 2. The Bertz CT molecular complexity index is 688. The van der Waals surface area contributed by atoms with Gasteiger partial charge in [-0.25, -0.2) is 4.98 Å². The molecule has 1 aliphatic heterocycles. The molecule has 1 aromatic heterocycles. The molecular formula is C17H21N3O2. The van der Waals surface area contributed by atoms with Crippen LogP contribution in [0, 0.1) is 0 Å². The normalized spacial score (nSPS) is 17.9. The maximum Gasteiger partial charge on any atom is 0.319 e. The number of fused-ring (bicyclic) bond motifs is 1. The van der Waals surface area contributed by atoms with Crippen LogP contribution in [-0.4, -0.2) is 42.7 Å². The van der Waals surface area contributed by atoms with Crippen molar-refractivity contribution in [3.63, 3.8) is 0 Å². The number of rotatable bonds is 3. The quantitative estimate of drug-likeness (QED) is 0.872. The molecular weight excluding hydrogens is 278 g/mol. The second-order valence-corrected chi connectivity index (χ2v) is 5.56. The van der Waals surface area contributed by atoms with E-state index in [1.165, 1.54) is 11.1 Å². The molecule has 3 rings (SSSR count). The zero-order valence-electron chi connectivity index (χ0n) is 13.5. The van der Waals surface area contributed by atoms with Gasteiger partial charge in [-0.2, -0.15) is 4.98 Å². The third kappa shape index (κ3) is 2.41. The molecule has 22 heavy (non-hydrogen) atoms. The van der Waals surface area contributed by atoms with E-state index < -0.39 is 0 Å². The Kier molecular flexibility index (Phi) is 3.98. The largest absolute Gasteiger partial charge is 0.480 e. The summed E-state index contributed by atoms with van der Waals surface area (Å²) in [5, 5.41) is 0. The predicted molar refractivity (Wildman–Crippen MR) is 85.3 cm³/mol. The minimum absolute atomic E-state index is 0.318. The molecule has 2 heterocycles. The molecule has 1 unspecified atom stereocenters. The summed E-state index contributed by atoms with van der Waals surface area (Å²) in [6.07, 6.45) is 2.80. The maximum absolute atomic E-state index is 5.44. The highest BCUT2D eigenvalue weighted by atomic mass is 16.5. The Labute approximate surface area is 130 Å². The van der Waals surface area contributed by atoms with Gasteiger partial charge in [0.15, 0.2) is 0 Å². The summed E-state index contributed by atoms with van der Waals surface area (Å²) < 4.78 is 10.5. The monoisotopic (exact) mass is 299 g/mol. The van der Waals surface area contributed by atoms with Crippen LogP contribution in [0.1, 0.15) is 24.1 Å². The molecule has 1 aromatic carbocycles. The Morgan fingerprint density at radius 1 is 1.18 bits per heavy atom. The molecule has 116 valence electrons. The lowest BCUT2D eigenvalue weighted by Gasteiger charge is -2.33. The zero-order valence-corrected chi connectivity index (χ0v) is 13.5. The van der Waals surface area contributed by atoms with Gasteiger partial charge in [0, 0.05) is 18.8 Å². The SMILES string of the molecule is COc1ncc(-c2cccc3c2CCN(C)C3C)c(OC)n1. The Hall–Kier alpha value is -2.14. The molecule has 1 aliphatic rings. The van der Waals surface area contributed by atoms with Crippen molar-refractivity contribution in [2.75, 3.05) is 27.8 Å². The summed E-state index contributed by atoms with van der Waals surface area (Å²) in [5.41, 5.74) is 4.79. The van der Waals surface area contributed by atoms with Gasteiger partial charge in [0.1, 0.15) is 0 Å². The van der Waals surface area contributed by atoms with Crippen LogP contribution in [0.2, 0.25) is 0 Å². The first-order chi connectivity index (χ1) is 10.7. The van der Waals surface area contributed by atoms with E-state index >= 15 is 0 Å². The van der Waals surface area contributed by atoms with E-state index in [1.807, 2.05) is 0 Å². The topological polar surface area (TPSA) is 47.5 Å². The number of ether oxygens (including phenoxy) is 2. The molecule has 0 fully saturated rings. The summed E-state index contributed by atoms with van der Waals surface area (Å²) >= 11 is 0. The Morgan fingerprint density at radius 2 is 2.00 bits per heavy atom. The van der Waals surface area contributed by atoms with Crippen LogP contribution in [-0.2, 0) is 6.42 Å². The second-order valence-electron chi connectivity index (χ2n) is 5.56. The minimum atomic E-state index is 0.318. The van der Waals surface area contributed by atoms with E-state index in [4.69, 9.17) is 9.47 Å². The van der Waals surface area contributed by atoms with E-state index in [-0.39, 0.29) is 0 Å². The molecule has 0 radical (unpaired) electrons. The maximum atomic E-state index is 5.44. The van der Waals surface area contributed by atoms with E-state index in [2.05, 4.69) is 47.0 Å². The lowest BCUT2D eigenvalue weighted by Crippen LogP contribution is -2.30. The number of likely N-dealkylation sites (N-methyl/N-ethyl adjacent to an activating group) is 1. The fourth-order valence-corrected chi connectivity index (χ4v) is 3.04. The molecule has 0 bridgehead atoms. The number of hydrogen-bond donors (Lipinski definition) is 0. The van der Waals surface area contributed by atoms with Crippen LogP contribution in [0.5, 0.6) is 11.9 Å². The first-order valence-electron chi connectivity index (χ1n) is 7.43. The van der Waals surface area contributed by atoms with Crippen LogP contribution >= 0.6 is 0 Å². The molecule has 0 N–H and O–H groups in total. The van der Waals surface area contributed by atoms with Crippen molar-refractivity contribution in [3.8, 4) is 23.0 Å². The first-order valence-corrected chi connectivity index (χ1v) is 7.43. The van der Waals surface area contributed by atoms with E-state index in [0.717, 1.165) is 24.1 Å². The molecule has 5 nitrogen and oxygen atoms in total. The third-order valence-corrected chi connectivity index (χ3v) is 4.44. The minimum Gasteiger partial charge on any atom is -0.480 e. The van der Waals surface area contributed by atoms with Crippen LogP contribution in [0.25, 0.3) is 11.1 Å². The summed E-state index contributed by atoms with van der Waals surface area (Å²) in [4.78, 5) is 10.9. The Morgan fingerprint density at radius 3 is 2.73 bits per heavy atom. The molecule has 0 saturated heterocycles. The summed E-state index contributed by atoms with van der Waals surface area (Å²) in [6.45, 7) is 3.29. The van der Waals surface area contributed by atoms with E-state index in [0.29, 0.717) is 17.9 Å². The average Bonchev–Trinajstić information content (AvgIpc) is 2.57. The average molecular weight is 299 g/mol. The summed E-state index contributed by atoms with van der Waals surface area (Å²) in [7, 11) is 5.34. The van der Waals surface area contributed by atoms with E-state index in [9.17, 15) is 0 Å². The van der Waals surface area contributed by atoms with Crippen molar-refractivity contribution in [1.82, 2.24) is 14.9 Å². The van der Waals surface area contributed by atoms with Gasteiger partial charge in [0.25, 0.3) is 0 Å². The van der Waals surface area contributed by atoms with Gasteiger partial charge in [-0.15, -0.1) is 0 Å². The highest BCUT2D eigenvalue weighted by Gasteiger charge is 2.24. The molecule has 5 heteroatoms. The van der Waals surface area contributed by atoms with Crippen molar-refractivity contribution in [2.24, 2.45) is 0 Å². The van der Waals surface area contributed by atoms with Crippen molar-refractivity contribution >= 4 is 0 Å².